The summed E-state index contributed by atoms with van der Waals surface area (Å²) in [6, 6.07) is 5.73. The number of nitrogens with one attached hydrogen (secondary N) is 1. The number of amidine groups is 1. The van der Waals surface area contributed by atoms with Crippen molar-refractivity contribution in [3.63, 3.8) is 0 Å². The summed E-state index contributed by atoms with van der Waals surface area (Å²) in [4.78, 5) is 7.11. The van der Waals surface area contributed by atoms with Crippen molar-refractivity contribution in [1.82, 2.24) is 4.90 Å². The maximum Gasteiger partial charge on any atom is 0.461 e. The lowest BCUT2D eigenvalue weighted by molar-refractivity contribution is -0.253. The van der Waals surface area contributed by atoms with Crippen molar-refractivity contribution in [3.8, 4) is 5.75 Å². The minimum absolute atomic E-state index is 0.226. The third-order valence-electron chi connectivity index (χ3n) is 6.50. The molecule has 4 nitrogen and oxygen atoms in total. The molecular weight excluding hydrogens is 522 g/mol. The van der Waals surface area contributed by atoms with E-state index in [1.54, 1.807) is 17.8 Å². The molecule has 0 spiro atoms. The zero-order valence-electron chi connectivity index (χ0n) is 21.3. The Morgan fingerprint density at radius 3 is 2.84 bits per heavy atom. The molecule has 2 unspecified atom stereocenters. The van der Waals surface area contributed by atoms with E-state index in [1.807, 2.05) is 4.90 Å². The molecule has 1 aliphatic heterocycles. The largest absolute Gasteiger partial charge is 0.461 e. The van der Waals surface area contributed by atoms with Crippen molar-refractivity contribution in [2.75, 3.05) is 17.6 Å². The number of thiocarbonyl (C=S) groups is 1. The van der Waals surface area contributed by atoms with Crippen molar-refractivity contribution in [2.24, 2.45) is 10.9 Å². The van der Waals surface area contributed by atoms with E-state index in [4.69, 9.17) is 17.2 Å². The Morgan fingerprint density at radius 2 is 2.05 bits per heavy atom. The van der Waals surface area contributed by atoms with E-state index in [9.17, 15) is 17.6 Å². The second-order valence-corrected chi connectivity index (χ2v) is 11.0. The highest BCUT2D eigenvalue weighted by Crippen LogP contribution is 2.30. The van der Waals surface area contributed by atoms with Gasteiger partial charge in [-0.15, -0.1) is 0 Å². The van der Waals surface area contributed by atoms with Crippen LogP contribution in [0, 0.1) is 5.92 Å². The third-order valence-corrected chi connectivity index (χ3v) is 7.80. The number of rotatable bonds is 7. The molecule has 10 heteroatoms. The van der Waals surface area contributed by atoms with Gasteiger partial charge in [0.1, 0.15) is 5.75 Å². The summed E-state index contributed by atoms with van der Waals surface area (Å²) < 4.78 is 55.9. The van der Waals surface area contributed by atoms with Gasteiger partial charge in [0, 0.05) is 24.1 Å². The van der Waals surface area contributed by atoms with Gasteiger partial charge in [-0.05, 0) is 62.4 Å². The van der Waals surface area contributed by atoms with Gasteiger partial charge in [0.25, 0.3) is 0 Å². The van der Waals surface area contributed by atoms with Gasteiger partial charge in [-0.25, -0.2) is 0 Å². The first-order valence-electron chi connectivity index (χ1n) is 13.2. The number of halogens is 4. The Morgan fingerprint density at radius 1 is 1.24 bits per heavy atom. The molecule has 1 aromatic rings. The predicted molar refractivity (Wildman–Crippen MR) is 149 cm³/mol. The lowest BCUT2D eigenvalue weighted by atomic mass is 9.89. The van der Waals surface area contributed by atoms with Crippen LogP contribution < -0.4 is 10.1 Å². The molecule has 2 atom stereocenters. The lowest BCUT2D eigenvalue weighted by Gasteiger charge is -2.24. The smallest absolute Gasteiger partial charge is 0.428 e. The molecule has 1 aliphatic carbocycles. The minimum Gasteiger partial charge on any atom is -0.428 e. The number of allylic oxidation sites excluding steroid dienone is 2. The van der Waals surface area contributed by atoms with Crippen LogP contribution in [0.3, 0.4) is 0 Å². The van der Waals surface area contributed by atoms with E-state index in [0.717, 1.165) is 43.0 Å². The summed E-state index contributed by atoms with van der Waals surface area (Å²) in [5.74, 6) is 1.08. The van der Waals surface area contributed by atoms with Crippen LogP contribution in [0.5, 0.6) is 5.75 Å². The second kappa shape index (κ2) is 15.0. The average Bonchev–Trinajstić information content (AvgIpc) is 3.30. The zero-order valence-corrected chi connectivity index (χ0v) is 22.9. The van der Waals surface area contributed by atoms with E-state index in [-0.39, 0.29) is 11.8 Å². The highest BCUT2D eigenvalue weighted by atomic mass is 32.2. The molecule has 206 valence electrons. The maximum absolute atomic E-state index is 13.3. The fourth-order valence-electron chi connectivity index (χ4n) is 4.65. The molecule has 37 heavy (non-hydrogen) atoms. The van der Waals surface area contributed by atoms with E-state index in [0.29, 0.717) is 23.3 Å². The summed E-state index contributed by atoms with van der Waals surface area (Å²) in [7, 11) is 0. The van der Waals surface area contributed by atoms with Crippen molar-refractivity contribution in [1.29, 1.82) is 0 Å². The number of thioether (sulfide) groups is 1. The molecule has 1 heterocycles. The number of hydrogen-bond donors (Lipinski definition) is 1. The summed E-state index contributed by atoms with van der Waals surface area (Å²) in [5.41, 5.74) is 0.379. The molecule has 0 amide bonds. The van der Waals surface area contributed by atoms with Gasteiger partial charge in [0.05, 0.1) is 6.04 Å². The quantitative estimate of drug-likeness (QED) is 0.206. The van der Waals surface area contributed by atoms with Gasteiger partial charge in [-0.1, -0.05) is 69.0 Å². The molecule has 1 N–H and O–H groups in total. The zero-order chi connectivity index (χ0) is 26.7. The number of nitrogens with zero attached hydrogens (tertiary/aromatic N) is 2. The number of hydrogen-bond acceptors (Lipinski definition) is 4. The van der Waals surface area contributed by atoms with Crippen LogP contribution in [-0.4, -0.2) is 46.1 Å². The maximum atomic E-state index is 13.3. The van der Waals surface area contributed by atoms with Crippen LogP contribution in [-0.2, 0) is 0 Å². The highest BCUT2D eigenvalue weighted by molar-refractivity contribution is 8.14. The van der Waals surface area contributed by atoms with Crippen LogP contribution in [0.4, 0.5) is 23.2 Å². The number of benzene rings is 1. The first kappa shape index (κ1) is 29.7. The van der Waals surface area contributed by atoms with Crippen LogP contribution in [0.2, 0.25) is 0 Å². The Kier molecular flexibility index (Phi) is 12.0. The molecule has 0 bridgehead atoms. The number of ether oxygens (including phenoxy) is 1. The topological polar surface area (TPSA) is 36.9 Å². The number of aliphatic imine (C=N–C) groups is 1. The van der Waals surface area contributed by atoms with Crippen molar-refractivity contribution in [2.45, 2.75) is 89.7 Å². The molecule has 1 saturated heterocycles. The summed E-state index contributed by atoms with van der Waals surface area (Å²) in [6.07, 6.45) is 7.76. The number of alkyl halides is 4. The standard InChI is InChI=1S/C27H37F4N3OS2/c1-2-11-20-12-8-6-4-3-5-7-9-13-21(18-20)33-26-34(16-17-37-26)25(36)32-22-14-10-15-23(19-22)35-27(30,31)24(28)29/h6,8,10,14-15,19-21,24H,2-5,7,9,11-13,16-18H2,1H3,(H,32,36)/b8-6-,33-26?. The summed E-state index contributed by atoms with van der Waals surface area (Å²) >= 11 is 7.29. The van der Waals surface area contributed by atoms with Crippen molar-refractivity contribution >= 4 is 39.9 Å². The Hall–Kier alpha value is -1.81. The summed E-state index contributed by atoms with van der Waals surface area (Å²) in [5, 5.41) is 4.30. The van der Waals surface area contributed by atoms with Crippen LogP contribution >= 0.6 is 24.0 Å². The van der Waals surface area contributed by atoms with Gasteiger partial charge >= 0.3 is 12.5 Å². The first-order valence-corrected chi connectivity index (χ1v) is 14.6. The Bertz CT molecular complexity index is 929. The molecular formula is C27H37F4N3OS2. The lowest BCUT2D eigenvalue weighted by Crippen LogP contribution is -2.36. The van der Waals surface area contributed by atoms with Gasteiger partial charge in [0.2, 0.25) is 0 Å². The molecule has 0 aromatic heterocycles. The SMILES string of the molecule is CCCC1C/C=C\CCCCCCC(N=C2SCCN2C(=S)Nc2cccc(OC(F)(F)C(F)F)c2)C1. The minimum atomic E-state index is -4.57. The fraction of sp³-hybridized carbons (Fsp3) is 0.630. The van der Waals surface area contributed by atoms with Crippen LogP contribution in [0.25, 0.3) is 0 Å². The van der Waals surface area contributed by atoms with Crippen molar-refractivity contribution in [3.05, 3.63) is 36.4 Å². The Balaban J connectivity index is 1.70. The molecule has 1 aromatic carbocycles. The van der Waals surface area contributed by atoms with E-state index >= 15 is 0 Å². The molecule has 2 aliphatic rings. The first-order chi connectivity index (χ1) is 17.8. The van der Waals surface area contributed by atoms with E-state index < -0.39 is 12.5 Å². The monoisotopic (exact) mass is 559 g/mol. The summed E-state index contributed by atoms with van der Waals surface area (Å²) in [6.45, 7) is 2.91. The third kappa shape index (κ3) is 9.78. The molecule has 3 rings (SSSR count). The second-order valence-electron chi connectivity index (χ2n) is 9.58. The van der Waals surface area contributed by atoms with Gasteiger partial charge < -0.3 is 10.1 Å². The van der Waals surface area contributed by atoms with Crippen LogP contribution in [0.15, 0.2) is 41.4 Å². The van der Waals surface area contributed by atoms with Gasteiger partial charge in [-0.3, -0.25) is 9.89 Å². The van der Waals surface area contributed by atoms with Crippen molar-refractivity contribution < 1.29 is 22.3 Å². The molecule has 1 fully saturated rings. The molecule has 0 saturated carbocycles. The Labute approximate surface area is 227 Å². The van der Waals surface area contributed by atoms with E-state index in [2.05, 4.69) is 29.1 Å². The van der Waals surface area contributed by atoms with Gasteiger partial charge in [-0.2, -0.15) is 17.6 Å². The highest BCUT2D eigenvalue weighted by Gasteiger charge is 2.44. The van der Waals surface area contributed by atoms with Crippen LogP contribution in [0.1, 0.15) is 71.1 Å². The fourth-order valence-corrected chi connectivity index (χ4v) is 6.02. The van der Waals surface area contributed by atoms with E-state index in [1.165, 1.54) is 50.3 Å². The average molecular weight is 560 g/mol. The molecule has 0 radical (unpaired) electrons. The van der Waals surface area contributed by atoms with Gasteiger partial charge in [0.15, 0.2) is 10.3 Å². The number of anilines is 1. The normalized spacial score (nSPS) is 23.9. The predicted octanol–water partition coefficient (Wildman–Crippen LogP) is 8.50.